The van der Waals surface area contributed by atoms with E-state index in [1.165, 1.54) is 15.9 Å². The lowest BCUT2D eigenvalue weighted by molar-refractivity contribution is -0.216. The van der Waals surface area contributed by atoms with Crippen molar-refractivity contribution < 1.29 is 33.2 Å². The van der Waals surface area contributed by atoms with Gasteiger partial charge in [-0.05, 0) is 77.0 Å². The van der Waals surface area contributed by atoms with Crippen LogP contribution in [-0.4, -0.2) is 73.7 Å². The van der Waals surface area contributed by atoms with Gasteiger partial charge in [0, 0.05) is 39.0 Å². The van der Waals surface area contributed by atoms with E-state index >= 15 is 0 Å². The molecule has 3 aromatic rings. The van der Waals surface area contributed by atoms with Crippen LogP contribution in [0.1, 0.15) is 46.5 Å². The van der Waals surface area contributed by atoms with Gasteiger partial charge in [0.25, 0.3) is 8.32 Å². The molecule has 0 aromatic heterocycles. The van der Waals surface area contributed by atoms with E-state index in [-0.39, 0.29) is 29.8 Å². The van der Waals surface area contributed by atoms with E-state index in [4.69, 9.17) is 28.1 Å². The topological polar surface area (TPSA) is 75.6 Å². The summed E-state index contributed by atoms with van der Waals surface area (Å²) in [4.78, 5) is 0. The van der Waals surface area contributed by atoms with Crippen LogP contribution in [0.2, 0.25) is 30.7 Å². The smallest absolute Gasteiger partial charge is 0.261 e. The molecule has 282 valence electrons. The van der Waals surface area contributed by atoms with Gasteiger partial charge in [-0.3, -0.25) is 0 Å². The predicted octanol–water partition coefficient (Wildman–Crippen LogP) is 7.80. The van der Waals surface area contributed by atoms with E-state index < -0.39 is 33.7 Å². The summed E-state index contributed by atoms with van der Waals surface area (Å²) in [6, 6.07) is 29.9. The molecule has 2 aliphatic carbocycles. The van der Waals surface area contributed by atoms with Crippen LogP contribution in [0.4, 0.5) is 0 Å². The average molecular weight is 745 g/mol. The number of rotatable bonds is 15. The van der Waals surface area contributed by atoms with Crippen molar-refractivity contribution in [2.75, 3.05) is 34.2 Å². The Bertz CT molecular complexity index is 1600. The Labute approximate surface area is 313 Å². The number of hydrogen-bond donors (Lipinski definition) is 1. The Balaban J connectivity index is 1.33. The minimum Gasteiger partial charge on any atom is -0.497 e. The second-order valence-corrected chi connectivity index (χ2v) is 27.1. The molecule has 1 aliphatic heterocycles. The molecule has 0 spiro atoms. The molecule has 9 heteroatoms. The van der Waals surface area contributed by atoms with Gasteiger partial charge in [0.15, 0.2) is 13.1 Å². The van der Waals surface area contributed by atoms with Crippen LogP contribution in [0, 0.1) is 17.3 Å². The minimum atomic E-state index is -2.78. The number of benzene rings is 3. The molecule has 1 N–H and O–H groups in total. The van der Waals surface area contributed by atoms with Gasteiger partial charge in [-0.2, -0.15) is 0 Å². The highest BCUT2D eigenvalue weighted by Gasteiger charge is 2.65. The molecule has 2 fully saturated rings. The summed E-state index contributed by atoms with van der Waals surface area (Å²) in [6.07, 6.45) is 4.93. The lowest BCUT2D eigenvalue weighted by atomic mass is 9.70. The predicted molar refractivity (Wildman–Crippen MR) is 213 cm³/mol. The Kier molecular flexibility index (Phi) is 11.6. The third-order valence-electron chi connectivity index (χ3n) is 11.8. The molecule has 7 nitrogen and oxygen atoms in total. The highest BCUT2D eigenvalue weighted by Crippen LogP contribution is 2.62. The van der Waals surface area contributed by atoms with Crippen molar-refractivity contribution in [2.24, 2.45) is 17.3 Å². The maximum atomic E-state index is 13.1. The number of allylic oxidation sites excluding steroid dienone is 1. The van der Waals surface area contributed by atoms with Crippen molar-refractivity contribution in [1.29, 1.82) is 0 Å². The molecule has 1 unspecified atom stereocenters. The standard InChI is InChI=1S/C43H60O7Si2/c1-41(2,3)52(35-16-11-9-12-17-35,36-18-13-10-14-19-36)49-27-26-42-28-32(29-47-31-48-34-24-22-33(45-4)23-25-34)43(44,30-51(6,7)8)38-21-15-20-37(42)39(38)50-40(42)46-5/h9-14,16-20,22-25,32,38-40,44H,15,21,26-31H2,1-8H3/t32-,38-,39?,40+,42+,43+/m0/s1. The van der Waals surface area contributed by atoms with Gasteiger partial charge in [-0.25, -0.2) is 0 Å². The fourth-order valence-electron chi connectivity index (χ4n) is 9.70. The first-order chi connectivity index (χ1) is 24.8. The summed E-state index contributed by atoms with van der Waals surface area (Å²) in [7, 11) is -1.11. The zero-order valence-electron chi connectivity index (χ0n) is 32.5. The van der Waals surface area contributed by atoms with Crippen molar-refractivity contribution in [3.63, 3.8) is 0 Å². The van der Waals surface area contributed by atoms with Crippen molar-refractivity contribution in [2.45, 2.75) is 95.2 Å². The third kappa shape index (κ3) is 7.47. The van der Waals surface area contributed by atoms with Crippen LogP contribution in [0.3, 0.4) is 0 Å². The summed E-state index contributed by atoms with van der Waals surface area (Å²) in [5.74, 6) is 1.29. The summed E-state index contributed by atoms with van der Waals surface area (Å²) < 4.78 is 38.4. The number of methoxy groups -OCH3 is 2. The van der Waals surface area contributed by atoms with Crippen LogP contribution < -0.4 is 19.8 Å². The van der Waals surface area contributed by atoms with Gasteiger partial charge in [-0.15, -0.1) is 0 Å². The minimum absolute atomic E-state index is 0.0463. The van der Waals surface area contributed by atoms with E-state index in [2.05, 4.69) is 107 Å². The fourth-order valence-corrected chi connectivity index (χ4v) is 16.5. The van der Waals surface area contributed by atoms with Gasteiger partial charge >= 0.3 is 0 Å². The Morgan fingerprint density at radius 1 is 0.865 bits per heavy atom. The summed E-state index contributed by atoms with van der Waals surface area (Å²) in [5.41, 5.74) is -0.139. The zero-order valence-corrected chi connectivity index (χ0v) is 34.5. The Morgan fingerprint density at radius 3 is 2.04 bits per heavy atom. The molecule has 4 bridgehead atoms. The van der Waals surface area contributed by atoms with Gasteiger partial charge < -0.3 is 33.2 Å². The fraction of sp³-hybridized carbons (Fsp3) is 0.535. The first-order valence-electron chi connectivity index (χ1n) is 19.0. The van der Waals surface area contributed by atoms with Gasteiger partial charge in [-0.1, -0.05) is 107 Å². The maximum Gasteiger partial charge on any atom is 0.261 e. The molecule has 1 heterocycles. The molecule has 1 saturated carbocycles. The zero-order chi connectivity index (χ0) is 37.2. The second kappa shape index (κ2) is 15.5. The molecule has 6 atom stereocenters. The average Bonchev–Trinajstić information content (AvgIpc) is 3.42. The lowest BCUT2D eigenvalue weighted by Gasteiger charge is -2.48. The highest BCUT2D eigenvalue weighted by molar-refractivity contribution is 6.99. The SMILES string of the molecule is COc1ccc(OCOC[C@@H]2C[C@]3(CCO[Si](c4ccccc4)(c4ccccc4)C(C)(C)C)C4=CCC[C@@H](C4O[C@H]3OC)[C@@]2(O)C[Si](C)(C)C)cc1. The lowest BCUT2D eigenvalue weighted by Crippen LogP contribution is -2.66. The molecule has 3 aromatic carbocycles. The summed E-state index contributed by atoms with van der Waals surface area (Å²) >= 11 is 0. The van der Waals surface area contributed by atoms with E-state index in [1.807, 2.05) is 24.3 Å². The second-order valence-electron chi connectivity index (χ2n) is 17.3. The van der Waals surface area contributed by atoms with E-state index in [0.717, 1.165) is 24.6 Å². The number of ether oxygens (including phenoxy) is 5. The first kappa shape index (κ1) is 38.9. The van der Waals surface area contributed by atoms with Gasteiger partial charge in [0.1, 0.15) is 11.5 Å². The van der Waals surface area contributed by atoms with Crippen LogP contribution in [0.5, 0.6) is 11.5 Å². The van der Waals surface area contributed by atoms with Gasteiger partial charge in [0.2, 0.25) is 0 Å². The molecule has 3 aliphatic rings. The summed E-state index contributed by atoms with van der Waals surface area (Å²) in [5, 5.41) is 15.5. The highest BCUT2D eigenvalue weighted by atomic mass is 28.4. The van der Waals surface area contributed by atoms with Crippen molar-refractivity contribution in [3.05, 3.63) is 96.6 Å². The summed E-state index contributed by atoms with van der Waals surface area (Å²) in [6.45, 7) is 15.0. The van der Waals surface area contributed by atoms with Gasteiger partial charge in [0.05, 0.1) is 25.4 Å². The Hall–Kier alpha value is -2.77. The maximum absolute atomic E-state index is 13.1. The quantitative estimate of drug-likeness (QED) is 0.0737. The molecule has 1 saturated heterocycles. The molecular formula is C43H60O7Si2. The molecule has 6 rings (SSSR count). The monoisotopic (exact) mass is 744 g/mol. The van der Waals surface area contributed by atoms with Crippen molar-refractivity contribution >= 4 is 26.8 Å². The first-order valence-corrected chi connectivity index (χ1v) is 24.6. The van der Waals surface area contributed by atoms with E-state index in [0.29, 0.717) is 31.8 Å². The molecule has 52 heavy (non-hydrogen) atoms. The van der Waals surface area contributed by atoms with Crippen LogP contribution in [-0.2, 0) is 18.6 Å². The largest absolute Gasteiger partial charge is 0.497 e. The van der Waals surface area contributed by atoms with E-state index in [1.54, 1.807) is 14.2 Å². The molecule has 0 radical (unpaired) electrons. The van der Waals surface area contributed by atoms with Crippen LogP contribution >= 0.6 is 0 Å². The normalized spacial score (nSPS) is 27.5. The van der Waals surface area contributed by atoms with Crippen molar-refractivity contribution in [1.82, 2.24) is 0 Å². The number of aliphatic hydroxyl groups is 1. The Morgan fingerprint density at radius 2 is 1.48 bits per heavy atom. The molecular weight excluding hydrogens is 685 g/mol. The third-order valence-corrected chi connectivity index (χ3v) is 18.4. The number of hydrogen-bond acceptors (Lipinski definition) is 7. The van der Waals surface area contributed by atoms with Crippen LogP contribution in [0.15, 0.2) is 96.6 Å². The van der Waals surface area contributed by atoms with E-state index in [9.17, 15) is 5.11 Å². The molecule has 0 amide bonds. The van der Waals surface area contributed by atoms with Crippen LogP contribution in [0.25, 0.3) is 0 Å². The van der Waals surface area contributed by atoms with Crippen molar-refractivity contribution in [3.8, 4) is 11.5 Å².